The molecule has 0 aliphatic rings. The first kappa shape index (κ1) is 15.6. The van der Waals surface area contributed by atoms with Crippen molar-refractivity contribution < 1.29 is 9.32 Å². The molecule has 0 saturated heterocycles. The molecule has 1 amide bonds. The third-order valence-electron chi connectivity index (χ3n) is 3.72. The molecule has 0 unspecified atom stereocenters. The summed E-state index contributed by atoms with van der Waals surface area (Å²) in [6.45, 7) is 7.88. The zero-order valence-corrected chi connectivity index (χ0v) is 12.7. The van der Waals surface area contributed by atoms with Gasteiger partial charge in [-0.2, -0.15) is 0 Å². The van der Waals surface area contributed by atoms with Crippen LogP contribution in [0.2, 0.25) is 0 Å². The quantitative estimate of drug-likeness (QED) is 0.780. The van der Waals surface area contributed by atoms with Gasteiger partial charge < -0.3 is 15.6 Å². The summed E-state index contributed by atoms with van der Waals surface area (Å²) in [5.41, 5.74) is 6.66. The number of nitrogens with two attached hydrogens (primary N) is 1. The van der Waals surface area contributed by atoms with Gasteiger partial charge in [-0.1, -0.05) is 31.2 Å². The molecule has 5 nitrogen and oxygen atoms in total. The van der Waals surface area contributed by atoms with Crippen LogP contribution in [0.4, 0.5) is 0 Å². The molecule has 0 bridgehead atoms. The van der Waals surface area contributed by atoms with Crippen molar-refractivity contribution in [2.45, 2.75) is 47.1 Å². The monoisotopic (exact) mass is 283 g/mol. The first-order valence-corrected chi connectivity index (χ1v) is 6.79. The van der Waals surface area contributed by atoms with E-state index in [9.17, 15) is 4.79 Å². The molecule has 0 saturated carbocycles. The van der Waals surface area contributed by atoms with Crippen LogP contribution in [0.25, 0.3) is 0 Å². The van der Waals surface area contributed by atoms with Gasteiger partial charge in [0.2, 0.25) is 5.91 Å². The van der Waals surface area contributed by atoms with E-state index in [0.717, 1.165) is 11.3 Å². The highest BCUT2D eigenvalue weighted by atomic mass is 32.1. The third-order valence-corrected chi connectivity index (χ3v) is 4.11. The topological polar surface area (TPSA) is 81.2 Å². The molecule has 0 radical (unpaired) electrons. The number of hydrogen-bond donors (Lipinski definition) is 2. The van der Waals surface area contributed by atoms with E-state index in [1.807, 2.05) is 27.7 Å². The average Bonchev–Trinajstić information content (AvgIpc) is 2.68. The molecule has 0 spiro atoms. The standard InChI is InChI=1S/C13H21N3O2S/c1-5-13(6-2,11(14)19)12(17)15-7-10-8(3)16-18-9(10)4/h5-7H2,1-4H3,(H2,14,19)(H,15,17). The predicted molar refractivity (Wildman–Crippen MR) is 77.6 cm³/mol. The van der Waals surface area contributed by atoms with Crippen molar-refractivity contribution in [1.82, 2.24) is 10.5 Å². The predicted octanol–water partition coefficient (Wildman–Crippen LogP) is 2.00. The Morgan fingerprint density at radius 3 is 2.37 bits per heavy atom. The first-order valence-electron chi connectivity index (χ1n) is 6.39. The van der Waals surface area contributed by atoms with Gasteiger partial charge >= 0.3 is 0 Å². The lowest BCUT2D eigenvalue weighted by Crippen LogP contribution is -2.48. The zero-order valence-electron chi connectivity index (χ0n) is 11.9. The van der Waals surface area contributed by atoms with E-state index >= 15 is 0 Å². The summed E-state index contributed by atoms with van der Waals surface area (Å²) in [6.07, 6.45) is 1.18. The van der Waals surface area contributed by atoms with Gasteiger partial charge in [0.15, 0.2) is 0 Å². The summed E-state index contributed by atoms with van der Waals surface area (Å²) in [5, 5.41) is 6.74. The normalized spacial score (nSPS) is 11.4. The lowest BCUT2D eigenvalue weighted by atomic mass is 9.81. The third kappa shape index (κ3) is 2.94. The Kier molecular flexibility index (Phi) is 5.05. The van der Waals surface area contributed by atoms with Gasteiger partial charge in [0, 0.05) is 12.1 Å². The van der Waals surface area contributed by atoms with Gasteiger partial charge in [0.05, 0.1) is 16.1 Å². The maximum Gasteiger partial charge on any atom is 0.233 e. The number of hydrogen-bond acceptors (Lipinski definition) is 4. The smallest absolute Gasteiger partial charge is 0.233 e. The van der Waals surface area contributed by atoms with Crippen molar-refractivity contribution >= 4 is 23.1 Å². The molecule has 0 fully saturated rings. The Labute approximate surface area is 118 Å². The molecule has 106 valence electrons. The summed E-state index contributed by atoms with van der Waals surface area (Å²) < 4.78 is 5.06. The van der Waals surface area contributed by atoms with Crippen LogP contribution in [-0.2, 0) is 11.3 Å². The van der Waals surface area contributed by atoms with Gasteiger partial charge in [-0.15, -0.1) is 0 Å². The second-order valence-corrected chi connectivity index (χ2v) is 5.08. The van der Waals surface area contributed by atoms with Crippen molar-refractivity contribution in [3.8, 4) is 0 Å². The minimum Gasteiger partial charge on any atom is -0.392 e. The number of aromatic nitrogens is 1. The maximum atomic E-state index is 12.4. The van der Waals surface area contributed by atoms with Crippen LogP contribution in [0.3, 0.4) is 0 Å². The van der Waals surface area contributed by atoms with Gasteiger partial charge in [-0.3, -0.25) is 4.79 Å². The molecule has 1 aromatic rings. The summed E-state index contributed by atoms with van der Waals surface area (Å²) in [7, 11) is 0. The van der Waals surface area contributed by atoms with Gasteiger partial charge in [-0.05, 0) is 26.7 Å². The van der Waals surface area contributed by atoms with Crippen molar-refractivity contribution in [3.63, 3.8) is 0 Å². The van der Waals surface area contributed by atoms with E-state index in [4.69, 9.17) is 22.5 Å². The highest BCUT2D eigenvalue weighted by molar-refractivity contribution is 7.80. The van der Waals surface area contributed by atoms with E-state index < -0.39 is 5.41 Å². The Morgan fingerprint density at radius 2 is 2.00 bits per heavy atom. The van der Waals surface area contributed by atoms with Crippen LogP contribution < -0.4 is 11.1 Å². The number of carbonyl (C=O) groups is 1. The molecule has 0 aliphatic heterocycles. The number of nitrogens with zero attached hydrogens (tertiary/aromatic N) is 1. The van der Waals surface area contributed by atoms with Crippen molar-refractivity contribution in [3.05, 3.63) is 17.0 Å². The van der Waals surface area contributed by atoms with Crippen LogP contribution in [0, 0.1) is 19.3 Å². The molecular weight excluding hydrogens is 262 g/mol. The second kappa shape index (κ2) is 6.14. The highest BCUT2D eigenvalue weighted by Crippen LogP contribution is 2.27. The fourth-order valence-corrected chi connectivity index (χ4v) is 2.50. The zero-order chi connectivity index (χ0) is 14.6. The number of rotatable bonds is 6. The summed E-state index contributed by atoms with van der Waals surface area (Å²) in [5.74, 6) is 0.580. The fraction of sp³-hybridized carbons (Fsp3) is 0.615. The molecule has 1 rings (SSSR count). The molecule has 1 heterocycles. The SMILES string of the molecule is CCC(CC)(C(=O)NCc1c(C)noc1C)C(N)=S. The maximum absolute atomic E-state index is 12.4. The van der Waals surface area contributed by atoms with Crippen molar-refractivity contribution in [2.24, 2.45) is 11.1 Å². The lowest BCUT2D eigenvalue weighted by Gasteiger charge is -2.28. The van der Waals surface area contributed by atoms with Crippen molar-refractivity contribution in [2.75, 3.05) is 0 Å². The number of carbonyl (C=O) groups excluding carboxylic acids is 1. The van der Waals surface area contributed by atoms with E-state index in [2.05, 4.69) is 10.5 Å². The first-order chi connectivity index (χ1) is 8.89. The molecular formula is C13H21N3O2S. The van der Waals surface area contributed by atoms with E-state index in [0.29, 0.717) is 25.1 Å². The Balaban J connectivity index is 2.82. The van der Waals surface area contributed by atoms with Gasteiger partial charge in [0.25, 0.3) is 0 Å². The van der Waals surface area contributed by atoms with Crippen LogP contribution in [0.5, 0.6) is 0 Å². The van der Waals surface area contributed by atoms with E-state index in [1.54, 1.807) is 0 Å². The summed E-state index contributed by atoms with van der Waals surface area (Å²) in [6, 6.07) is 0. The Hall–Kier alpha value is -1.43. The number of amides is 1. The number of nitrogens with one attached hydrogen (secondary N) is 1. The van der Waals surface area contributed by atoms with Gasteiger partial charge in [-0.25, -0.2) is 0 Å². The number of thiocarbonyl (C=S) groups is 1. The van der Waals surface area contributed by atoms with Crippen LogP contribution >= 0.6 is 12.2 Å². The van der Waals surface area contributed by atoms with Crippen molar-refractivity contribution in [1.29, 1.82) is 0 Å². The molecule has 19 heavy (non-hydrogen) atoms. The summed E-state index contributed by atoms with van der Waals surface area (Å²) >= 11 is 5.06. The Morgan fingerprint density at radius 1 is 1.42 bits per heavy atom. The van der Waals surface area contributed by atoms with Crippen LogP contribution in [0.1, 0.15) is 43.7 Å². The van der Waals surface area contributed by atoms with E-state index in [1.165, 1.54) is 0 Å². The molecule has 6 heteroatoms. The summed E-state index contributed by atoms with van der Waals surface area (Å²) in [4.78, 5) is 12.6. The second-order valence-electron chi connectivity index (χ2n) is 4.64. The van der Waals surface area contributed by atoms with E-state index in [-0.39, 0.29) is 10.9 Å². The molecule has 1 aromatic heterocycles. The largest absolute Gasteiger partial charge is 0.392 e. The average molecular weight is 283 g/mol. The fourth-order valence-electron chi connectivity index (χ4n) is 2.12. The number of aryl methyl sites for hydroxylation is 2. The Bertz CT molecular complexity index is 459. The molecule has 0 aromatic carbocycles. The van der Waals surface area contributed by atoms with Crippen LogP contribution in [-0.4, -0.2) is 16.1 Å². The minimum absolute atomic E-state index is 0.134. The molecule has 0 atom stereocenters. The van der Waals surface area contributed by atoms with Gasteiger partial charge in [0.1, 0.15) is 5.76 Å². The highest BCUT2D eigenvalue weighted by Gasteiger charge is 2.37. The minimum atomic E-state index is -0.770. The van der Waals surface area contributed by atoms with Crippen LogP contribution in [0.15, 0.2) is 4.52 Å². The molecule has 0 aliphatic carbocycles. The lowest BCUT2D eigenvalue weighted by molar-refractivity contribution is -0.128. The molecule has 3 N–H and O–H groups in total.